The molecule has 34 heavy (non-hydrogen) atoms. The fraction of sp³-hybridized carbons (Fsp3) is 0.320. The largest absolute Gasteiger partial charge is 0.395 e. The molecule has 9 nitrogen and oxygen atoms in total. The van der Waals surface area contributed by atoms with Gasteiger partial charge in [0.05, 0.1) is 23.4 Å². The van der Waals surface area contributed by atoms with Crippen LogP contribution in [0.5, 0.6) is 0 Å². The van der Waals surface area contributed by atoms with Crippen LogP contribution in [-0.4, -0.2) is 66.0 Å². The highest BCUT2D eigenvalue weighted by molar-refractivity contribution is 6.01. The van der Waals surface area contributed by atoms with Gasteiger partial charge in [-0.2, -0.15) is 5.10 Å². The molecule has 0 aliphatic carbocycles. The van der Waals surface area contributed by atoms with Crippen LogP contribution < -0.4 is 0 Å². The minimum Gasteiger partial charge on any atom is -0.395 e. The van der Waals surface area contributed by atoms with Crippen LogP contribution in [0.15, 0.2) is 48.9 Å². The lowest BCUT2D eigenvalue weighted by Gasteiger charge is -2.18. The van der Waals surface area contributed by atoms with Crippen molar-refractivity contribution in [2.75, 3.05) is 20.2 Å². The Morgan fingerprint density at radius 1 is 1.12 bits per heavy atom. The van der Waals surface area contributed by atoms with Crippen molar-refractivity contribution in [2.24, 2.45) is 0 Å². The number of rotatable bonds is 7. The standard InChI is InChI=1S/C25H28N6O3/c1-5-31-21-7-6-16(24(33)30(4)10-11-32)12-19(21)22(29-31)23-27-14-17(15-28-23)20-13-18(8-9-26-20)25(2,3)34/h6-9,12-15,32,34H,5,10-11H2,1-4H3. The Labute approximate surface area is 197 Å². The molecule has 4 aromatic rings. The normalized spacial score (nSPS) is 11.7. The molecule has 0 radical (unpaired) electrons. The van der Waals surface area contributed by atoms with Gasteiger partial charge in [0, 0.05) is 55.2 Å². The van der Waals surface area contributed by atoms with Crippen molar-refractivity contribution in [3.05, 3.63) is 60.0 Å². The van der Waals surface area contributed by atoms with E-state index >= 15 is 0 Å². The van der Waals surface area contributed by atoms with Crippen LogP contribution in [0, 0.1) is 0 Å². The Kier molecular flexibility index (Phi) is 6.41. The Bertz CT molecular complexity index is 1320. The summed E-state index contributed by atoms with van der Waals surface area (Å²) in [5, 5.41) is 24.9. The zero-order valence-corrected chi connectivity index (χ0v) is 19.7. The van der Waals surface area contributed by atoms with Crippen molar-refractivity contribution in [2.45, 2.75) is 32.9 Å². The van der Waals surface area contributed by atoms with Gasteiger partial charge in [0.1, 0.15) is 5.69 Å². The minimum absolute atomic E-state index is 0.0999. The van der Waals surface area contributed by atoms with Gasteiger partial charge < -0.3 is 15.1 Å². The van der Waals surface area contributed by atoms with E-state index in [0.717, 1.165) is 22.0 Å². The van der Waals surface area contributed by atoms with E-state index < -0.39 is 5.60 Å². The van der Waals surface area contributed by atoms with Crippen LogP contribution in [0.1, 0.15) is 36.7 Å². The van der Waals surface area contributed by atoms with Gasteiger partial charge in [0.15, 0.2) is 5.82 Å². The number of aliphatic hydroxyl groups excluding tert-OH is 1. The monoisotopic (exact) mass is 460 g/mol. The topological polar surface area (TPSA) is 117 Å². The van der Waals surface area contributed by atoms with Crippen LogP contribution in [0.25, 0.3) is 33.7 Å². The summed E-state index contributed by atoms with van der Waals surface area (Å²) in [4.78, 5) is 27.7. The molecule has 0 unspecified atom stereocenters. The number of aromatic nitrogens is 5. The van der Waals surface area contributed by atoms with Gasteiger partial charge >= 0.3 is 0 Å². The highest BCUT2D eigenvalue weighted by Crippen LogP contribution is 2.29. The molecule has 0 aliphatic heterocycles. The first-order valence-electron chi connectivity index (χ1n) is 11.1. The van der Waals surface area contributed by atoms with Crippen molar-refractivity contribution in [3.8, 4) is 22.8 Å². The van der Waals surface area contributed by atoms with E-state index in [1.165, 1.54) is 4.90 Å². The molecule has 2 N–H and O–H groups in total. The highest BCUT2D eigenvalue weighted by atomic mass is 16.3. The number of pyridine rings is 1. The van der Waals surface area contributed by atoms with E-state index in [1.807, 2.05) is 23.7 Å². The number of likely N-dealkylation sites (N-methyl/N-ethyl adjacent to an activating group) is 1. The molecule has 0 atom stereocenters. The van der Waals surface area contributed by atoms with E-state index in [2.05, 4.69) is 20.1 Å². The first-order valence-corrected chi connectivity index (χ1v) is 11.1. The molecular formula is C25H28N6O3. The number of benzene rings is 1. The summed E-state index contributed by atoms with van der Waals surface area (Å²) in [5.41, 5.74) is 3.12. The highest BCUT2D eigenvalue weighted by Gasteiger charge is 2.19. The van der Waals surface area contributed by atoms with Crippen molar-refractivity contribution in [1.29, 1.82) is 0 Å². The molecule has 1 aromatic carbocycles. The lowest BCUT2D eigenvalue weighted by molar-refractivity contribution is 0.0765. The lowest BCUT2D eigenvalue weighted by atomic mass is 9.98. The molecule has 1 amide bonds. The number of carbonyl (C=O) groups is 1. The summed E-state index contributed by atoms with van der Waals surface area (Å²) in [5.74, 6) is 0.257. The second-order valence-electron chi connectivity index (χ2n) is 8.63. The first kappa shape index (κ1) is 23.5. The van der Waals surface area contributed by atoms with E-state index in [0.29, 0.717) is 29.3 Å². The number of aryl methyl sites for hydroxylation is 1. The third-order valence-electron chi connectivity index (χ3n) is 5.70. The maximum absolute atomic E-state index is 12.7. The van der Waals surface area contributed by atoms with Crippen molar-refractivity contribution < 1.29 is 15.0 Å². The van der Waals surface area contributed by atoms with Crippen LogP contribution in [0.3, 0.4) is 0 Å². The fourth-order valence-corrected chi connectivity index (χ4v) is 3.74. The quantitative estimate of drug-likeness (QED) is 0.435. The predicted molar refractivity (Wildman–Crippen MR) is 129 cm³/mol. The van der Waals surface area contributed by atoms with Gasteiger partial charge in [-0.25, -0.2) is 9.97 Å². The smallest absolute Gasteiger partial charge is 0.253 e. The molecule has 0 bridgehead atoms. The molecular weight excluding hydrogens is 432 g/mol. The van der Waals surface area contributed by atoms with E-state index in [4.69, 9.17) is 5.11 Å². The van der Waals surface area contributed by atoms with E-state index in [1.54, 1.807) is 57.7 Å². The zero-order valence-electron chi connectivity index (χ0n) is 19.7. The maximum Gasteiger partial charge on any atom is 0.253 e. The molecule has 0 aliphatic rings. The Morgan fingerprint density at radius 2 is 1.85 bits per heavy atom. The number of carbonyl (C=O) groups excluding carboxylic acids is 1. The number of hydrogen-bond donors (Lipinski definition) is 2. The van der Waals surface area contributed by atoms with Crippen LogP contribution in [-0.2, 0) is 12.1 Å². The van der Waals surface area contributed by atoms with Gasteiger partial charge in [-0.3, -0.25) is 14.5 Å². The third-order valence-corrected chi connectivity index (χ3v) is 5.70. The van der Waals surface area contributed by atoms with Crippen LogP contribution >= 0.6 is 0 Å². The summed E-state index contributed by atoms with van der Waals surface area (Å²) < 4.78 is 1.85. The van der Waals surface area contributed by atoms with Gasteiger partial charge in [0.2, 0.25) is 0 Å². The Balaban J connectivity index is 1.73. The van der Waals surface area contributed by atoms with E-state index in [-0.39, 0.29) is 19.1 Å². The lowest BCUT2D eigenvalue weighted by Crippen LogP contribution is -2.29. The van der Waals surface area contributed by atoms with Gasteiger partial charge in [-0.15, -0.1) is 0 Å². The molecule has 3 aromatic heterocycles. The Morgan fingerprint density at radius 3 is 2.50 bits per heavy atom. The summed E-state index contributed by atoms with van der Waals surface area (Å²) >= 11 is 0. The molecule has 0 saturated carbocycles. The molecule has 4 rings (SSSR count). The molecule has 9 heteroatoms. The molecule has 0 saturated heterocycles. The van der Waals surface area contributed by atoms with Crippen molar-refractivity contribution in [1.82, 2.24) is 29.6 Å². The second-order valence-corrected chi connectivity index (χ2v) is 8.63. The number of fused-ring (bicyclic) bond motifs is 1. The van der Waals surface area contributed by atoms with E-state index in [9.17, 15) is 9.90 Å². The summed E-state index contributed by atoms with van der Waals surface area (Å²) in [6, 6.07) is 9.03. The summed E-state index contributed by atoms with van der Waals surface area (Å²) in [6.07, 6.45) is 5.01. The summed E-state index contributed by atoms with van der Waals surface area (Å²) in [6.45, 7) is 6.25. The minimum atomic E-state index is -0.981. The second kappa shape index (κ2) is 9.28. The Hall–Kier alpha value is -3.69. The number of amides is 1. The zero-order chi connectivity index (χ0) is 24.5. The van der Waals surface area contributed by atoms with Gasteiger partial charge in [0.25, 0.3) is 5.91 Å². The molecule has 0 fully saturated rings. The SMILES string of the molecule is CCn1nc(-c2ncc(-c3cc(C(C)(C)O)ccn3)cn2)c2cc(C(=O)N(C)CCO)ccc21. The average Bonchev–Trinajstić information content (AvgIpc) is 3.21. The predicted octanol–water partition coefficient (Wildman–Crippen LogP) is 2.87. The molecule has 3 heterocycles. The summed E-state index contributed by atoms with van der Waals surface area (Å²) in [7, 11) is 1.65. The number of aliphatic hydroxyl groups is 2. The fourth-order valence-electron chi connectivity index (χ4n) is 3.74. The van der Waals surface area contributed by atoms with Crippen molar-refractivity contribution >= 4 is 16.8 Å². The third kappa shape index (κ3) is 4.52. The van der Waals surface area contributed by atoms with Gasteiger partial charge in [-0.05, 0) is 56.7 Å². The molecule has 176 valence electrons. The van der Waals surface area contributed by atoms with Crippen LogP contribution in [0.2, 0.25) is 0 Å². The number of hydrogen-bond acceptors (Lipinski definition) is 7. The maximum atomic E-state index is 12.7. The number of nitrogens with zero attached hydrogens (tertiary/aromatic N) is 6. The van der Waals surface area contributed by atoms with Gasteiger partial charge in [-0.1, -0.05) is 0 Å². The van der Waals surface area contributed by atoms with Crippen molar-refractivity contribution in [3.63, 3.8) is 0 Å². The van der Waals surface area contributed by atoms with Crippen LogP contribution in [0.4, 0.5) is 0 Å². The molecule has 0 spiro atoms. The first-order chi connectivity index (χ1) is 16.2. The average molecular weight is 461 g/mol.